The number of nitrogens with zero attached hydrogens (tertiary/aromatic N) is 4. The van der Waals surface area contributed by atoms with Gasteiger partial charge in [0.15, 0.2) is 0 Å². The van der Waals surface area contributed by atoms with Crippen LogP contribution >= 0.6 is 0 Å². The van der Waals surface area contributed by atoms with Crippen LogP contribution in [0.25, 0.3) is 22.2 Å². The molecule has 1 amide bonds. The Morgan fingerprint density at radius 3 is 2.91 bits per heavy atom. The van der Waals surface area contributed by atoms with Crippen LogP contribution in [0.3, 0.4) is 0 Å². The van der Waals surface area contributed by atoms with Crippen molar-refractivity contribution >= 4 is 16.8 Å². The van der Waals surface area contributed by atoms with Crippen molar-refractivity contribution in [3.05, 3.63) is 60.4 Å². The molecule has 6 rings (SSSR count). The number of benzene rings is 1. The summed E-state index contributed by atoms with van der Waals surface area (Å²) in [6, 6.07) is 13.5. The van der Waals surface area contributed by atoms with Gasteiger partial charge in [-0.3, -0.25) is 9.78 Å². The smallest absolute Gasteiger partial charge is 0.254 e. The molecular weight excluding hydrogens is 404 g/mol. The van der Waals surface area contributed by atoms with Crippen molar-refractivity contribution in [2.45, 2.75) is 11.7 Å². The molecule has 4 atom stereocenters. The normalized spacial score (nSPS) is 29.4. The number of aliphatic hydroxyl groups is 1. The van der Waals surface area contributed by atoms with Crippen LogP contribution in [-0.4, -0.2) is 82.3 Å². The maximum Gasteiger partial charge on any atom is 0.254 e. The van der Waals surface area contributed by atoms with Crippen LogP contribution in [0.1, 0.15) is 10.4 Å². The fourth-order valence-corrected chi connectivity index (χ4v) is 6.00. The molecule has 1 N–H and O–H groups in total. The first-order chi connectivity index (χ1) is 15.6. The average molecular weight is 431 g/mol. The van der Waals surface area contributed by atoms with Gasteiger partial charge < -0.3 is 19.6 Å². The predicted octanol–water partition coefficient (Wildman–Crippen LogP) is 2.06. The van der Waals surface area contributed by atoms with E-state index in [2.05, 4.69) is 16.9 Å². The lowest BCUT2D eigenvalue weighted by Crippen LogP contribution is -2.53. The number of morpholine rings is 1. The van der Waals surface area contributed by atoms with Crippen molar-refractivity contribution in [1.82, 2.24) is 19.8 Å². The number of ether oxygens (including phenoxy) is 1. The average Bonchev–Trinajstić information content (AvgIpc) is 3.25. The van der Waals surface area contributed by atoms with E-state index >= 15 is 0 Å². The summed E-state index contributed by atoms with van der Waals surface area (Å²) in [4.78, 5) is 27.0. The highest BCUT2D eigenvalue weighted by Gasteiger charge is 2.62. The van der Waals surface area contributed by atoms with E-state index in [1.165, 1.54) is 0 Å². The Balaban J connectivity index is 1.39. The first kappa shape index (κ1) is 19.8. The van der Waals surface area contributed by atoms with E-state index in [9.17, 15) is 9.90 Å². The number of hydrogen-bond donors (Lipinski definition) is 1. The summed E-state index contributed by atoms with van der Waals surface area (Å²) < 4.78 is 6.46. The van der Waals surface area contributed by atoms with Gasteiger partial charge in [0.25, 0.3) is 5.91 Å². The zero-order valence-corrected chi connectivity index (χ0v) is 18.0. The quantitative estimate of drug-likeness (QED) is 0.685. The number of rotatable bonds is 3. The third-order valence-electron chi connectivity index (χ3n) is 7.36. The van der Waals surface area contributed by atoms with Gasteiger partial charge in [0, 0.05) is 61.4 Å². The molecule has 3 aromatic rings. The highest BCUT2D eigenvalue weighted by atomic mass is 16.5. The topological polar surface area (TPSA) is 78.8 Å². The summed E-state index contributed by atoms with van der Waals surface area (Å²) in [5, 5.41) is 10.9. The van der Waals surface area contributed by atoms with E-state index in [0.29, 0.717) is 18.7 Å². The summed E-state index contributed by atoms with van der Waals surface area (Å²) >= 11 is 0. The van der Waals surface area contributed by atoms with Gasteiger partial charge >= 0.3 is 0 Å². The molecule has 1 spiro atoms. The lowest BCUT2D eigenvalue weighted by atomic mass is 9.83. The fraction of sp³-hybridized carbons (Fsp3) is 0.400. The Morgan fingerprint density at radius 2 is 2.09 bits per heavy atom. The van der Waals surface area contributed by atoms with E-state index in [1.54, 1.807) is 12.4 Å². The molecule has 2 bridgehead atoms. The lowest BCUT2D eigenvalue weighted by molar-refractivity contribution is -0.110. The number of carbonyl (C=O) groups excluding carboxylic acids is 1. The predicted molar refractivity (Wildman–Crippen MR) is 120 cm³/mol. The summed E-state index contributed by atoms with van der Waals surface area (Å²) in [5.41, 5.74) is 2.66. The van der Waals surface area contributed by atoms with Gasteiger partial charge in [-0.1, -0.05) is 18.2 Å². The number of pyridine rings is 2. The largest absolute Gasteiger partial charge is 0.396 e. The van der Waals surface area contributed by atoms with Crippen LogP contribution in [0.5, 0.6) is 0 Å². The summed E-state index contributed by atoms with van der Waals surface area (Å²) in [7, 11) is 2.09. The van der Waals surface area contributed by atoms with Crippen LogP contribution in [0.4, 0.5) is 0 Å². The Morgan fingerprint density at radius 1 is 1.22 bits per heavy atom. The van der Waals surface area contributed by atoms with Crippen LogP contribution in [0.15, 0.2) is 54.9 Å². The third-order valence-corrected chi connectivity index (χ3v) is 7.36. The summed E-state index contributed by atoms with van der Waals surface area (Å²) in [6.07, 6.45) is 3.53. The van der Waals surface area contributed by atoms with Gasteiger partial charge in [-0.25, -0.2) is 4.98 Å². The monoisotopic (exact) mass is 430 g/mol. The number of para-hydroxylation sites is 1. The molecule has 3 saturated heterocycles. The van der Waals surface area contributed by atoms with Crippen molar-refractivity contribution in [3.63, 3.8) is 0 Å². The molecule has 2 aromatic heterocycles. The van der Waals surface area contributed by atoms with Gasteiger partial charge in [-0.05, 0) is 31.3 Å². The minimum atomic E-state index is -0.393. The number of hydrogen-bond acceptors (Lipinski definition) is 6. The molecule has 3 aliphatic heterocycles. The number of likely N-dealkylation sites (N-methyl/N-ethyl adjacent to an activating group) is 1. The van der Waals surface area contributed by atoms with Crippen LogP contribution in [0.2, 0.25) is 0 Å². The van der Waals surface area contributed by atoms with Crippen molar-refractivity contribution in [2.75, 3.05) is 39.8 Å². The minimum absolute atomic E-state index is 0.0115. The molecule has 7 nitrogen and oxygen atoms in total. The van der Waals surface area contributed by atoms with Crippen LogP contribution in [-0.2, 0) is 4.74 Å². The molecule has 3 fully saturated rings. The first-order valence-corrected chi connectivity index (χ1v) is 11.1. The fourth-order valence-electron chi connectivity index (χ4n) is 6.00. The molecule has 164 valence electrons. The lowest BCUT2D eigenvalue weighted by Gasteiger charge is -2.38. The van der Waals surface area contributed by atoms with Crippen molar-refractivity contribution in [3.8, 4) is 11.3 Å². The second kappa shape index (κ2) is 7.33. The Hall–Kier alpha value is -2.87. The zero-order valence-electron chi connectivity index (χ0n) is 18.0. The van der Waals surface area contributed by atoms with Crippen molar-refractivity contribution in [1.29, 1.82) is 0 Å². The molecule has 32 heavy (non-hydrogen) atoms. The van der Waals surface area contributed by atoms with E-state index in [1.807, 2.05) is 47.4 Å². The highest BCUT2D eigenvalue weighted by molar-refractivity contribution is 6.07. The molecule has 7 heteroatoms. The summed E-state index contributed by atoms with van der Waals surface area (Å²) in [5.74, 6) is 0.206. The second-order valence-electron chi connectivity index (χ2n) is 9.37. The number of amides is 1. The minimum Gasteiger partial charge on any atom is -0.396 e. The maximum atomic E-state index is 13.9. The van der Waals surface area contributed by atoms with E-state index in [4.69, 9.17) is 9.72 Å². The van der Waals surface area contributed by atoms with Crippen LogP contribution < -0.4 is 0 Å². The Bertz CT molecular complexity index is 1190. The number of fused-ring (bicyclic) bond motifs is 2. The van der Waals surface area contributed by atoms with E-state index < -0.39 is 5.60 Å². The highest BCUT2D eigenvalue weighted by Crippen LogP contribution is 2.49. The Kier molecular flexibility index (Phi) is 4.54. The molecule has 1 aromatic carbocycles. The molecule has 0 saturated carbocycles. The number of aliphatic hydroxyl groups excluding tert-OH is 1. The second-order valence-corrected chi connectivity index (χ2v) is 9.37. The van der Waals surface area contributed by atoms with Crippen molar-refractivity contribution < 1.29 is 14.6 Å². The number of aromatic nitrogens is 2. The van der Waals surface area contributed by atoms with Crippen molar-refractivity contribution in [2.24, 2.45) is 11.8 Å². The summed E-state index contributed by atoms with van der Waals surface area (Å²) in [6.45, 7) is 2.86. The maximum absolute atomic E-state index is 13.9. The van der Waals surface area contributed by atoms with Gasteiger partial charge in [-0.15, -0.1) is 0 Å². The first-order valence-electron chi connectivity index (χ1n) is 11.1. The van der Waals surface area contributed by atoms with E-state index in [-0.39, 0.29) is 30.5 Å². The molecule has 0 unspecified atom stereocenters. The molecule has 0 aliphatic carbocycles. The molecule has 5 heterocycles. The van der Waals surface area contributed by atoms with Crippen LogP contribution in [0, 0.1) is 11.8 Å². The standard InChI is InChI=1S/C25H26N4O3/c1-28-12-23-19(13-30)20-11-29(15-25(20,14-28)32-23)24(31)18-9-22(16-5-4-8-26-10-16)27-21-7-3-2-6-17(18)21/h2-10,19-20,23,30H,11-15H2,1H3/t19-,20+,23+,25+/m0/s1. The zero-order chi connectivity index (χ0) is 21.9. The third kappa shape index (κ3) is 2.96. The number of likely N-dealkylation sites (tertiary alicyclic amines) is 2. The SMILES string of the molecule is CN1C[C@H]2O[C@]3(C1)CN(C(=O)c1cc(-c4cccnc4)nc4ccccc14)C[C@@H]3[C@@H]2CO. The van der Waals surface area contributed by atoms with Gasteiger partial charge in [0.1, 0.15) is 5.60 Å². The molecule has 3 aliphatic rings. The molecular formula is C25H26N4O3. The number of carbonyl (C=O) groups is 1. The van der Waals surface area contributed by atoms with Gasteiger partial charge in [-0.2, -0.15) is 0 Å². The van der Waals surface area contributed by atoms with Gasteiger partial charge in [0.2, 0.25) is 0 Å². The molecule has 0 radical (unpaired) electrons. The Labute approximate surface area is 186 Å². The van der Waals surface area contributed by atoms with Gasteiger partial charge in [0.05, 0.1) is 29.4 Å². The van der Waals surface area contributed by atoms with E-state index in [0.717, 1.165) is 35.2 Å².